The second-order valence-corrected chi connectivity index (χ2v) is 7.49. The molecular formula is C22H17ClN4O3. The number of rotatable bonds is 4. The first kappa shape index (κ1) is 18.3. The highest BCUT2D eigenvalue weighted by atomic mass is 35.5. The Morgan fingerprint density at radius 1 is 1.10 bits per heavy atom. The van der Waals surface area contributed by atoms with Crippen LogP contribution in [0.1, 0.15) is 15.9 Å². The Morgan fingerprint density at radius 3 is 2.70 bits per heavy atom. The zero-order valence-electron chi connectivity index (χ0n) is 15.9. The fraction of sp³-hybridized carbons (Fsp3) is 0.0909. The summed E-state index contributed by atoms with van der Waals surface area (Å²) in [6, 6.07) is 14.7. The van der Waals surface area contributed by atoms with E-state index in [2.05, 4.69) is 20.6 Å². The number of halogens is 1. The number of carboxylic acid groups (broad SMARTS) is 1. The number of aryl methyl sites for hydroxylation is 1. The molecule has 4 aromatic rings. The quantitative estimate of drug-likeness (QED) is 0.367. The van der Waals surface area contributed by atoms with Crippen LogP contribution in [0.4, 0.5) is 11.4 Å². The van der Waals surface area contributed by atoms with Gasteiger partial charge in [-0.1, -0.05) is 23.7 Å². The van der Waals surface area contributed by atoms with Crippen molar-refractivity contribution in [3.05, 3.63) is 71.0 Å². The van der Waals surface area contributed by atoms with Crippen molar-refractivity contribution in [1.82, 2.24) is 9.97 Å². The molecule has 0 saturated heterocycles. The van der Waals surface area contributed by atoms with Crippen LogP contribution in [0.5, 0.6) is 5.75 Å². The second-order valence-electron chi connectivity index (χ2n) is 7.08. The SMILES string of the molecule is Cc1ccc(OC2Nc3cc(Cl)c(-c4ccc5nc[nH]c5c4)cc3N2)cc1C(=O)O. The van der Waals surface area contributed by atoms with Gasteiger partial charge >= 0.3 is 5.97 Å². The number of anilines is 2. The monoisotopic (exact) mass is 420 g/mol. The van der Waals surface area contributed by atoms with Crippen molar-refractivity contribution in [2.24, 2.45) is 0 Å². The van der Waals surface area contributed by atoms with Crippen molar-refractivity contribution in [2.45, 2.75) is 13.3 Å². The number of imidazole rings is 1. The van der Waals surface area contributed by atoms with Crippen LogP contribution >= 0.6 is 11.6 Å². The summed E-state index contributed by atoms with van der Waals surface area (Å²) in [7, 11) is 0. The van der Waals surface area contributed by atoms with E-state index in [-0.39, 0.29) is 5.56 Å². The molecule has 5 rings (SSSR count). The zero-order valence-corrected chi connectivity index (χ0v) is 16.6. The van der Waals surface area contributed by atoms with E-state index in [1.807, 2.05) is 30.3 Å². The molecule has 1 atom stereocenters. The van der Waals surface area contributed by atoms with Gasteiger partial charge in [0, 0.05) is 5.56 Å². The Morgan fingerprint density at radius 2 is 1.90 bits per heavy atom. The Bertz CT molecular complexity index is 1300. The molecule has 0 radical (unpaired) electrons. The molecule has 1 unspecified atom stereocenters. The summed E-state index contributed by atoms with van der Waals surface area (Å²) < 4.78 is 5.89. The summed E-state index contributed by atoms with van der Waals surface area (Å²) >= 11 is 6.55. The number of ether oxygens (including phenoxy) is 1. The fourth-order valence-electron chi connectivity index (χ4n) is 3.55. The van der Waals surface area contributed by atoms with E-state index < -0.39 is 12.3 Å². The molecule has 1 aromatic heterocycles. The number of aromatic amines is 1. The number of nitrogens with zero attached hydrogens (tertiary/aromatic N) is 1. The first-order valence-corrected chi connectivity index (χ1v) is 9.66. The largest absolute Gasteiger partial charge is 0.478 e. The number of fused-ring (bicyclic) bond motifs is 2. The molecular weight excluding hydrogens is 404 g/mol. The van der Waals surface area contributed by atoms with E-state index in [9.17, 15) is 9.90 Å². The standard InChI is InChI=1S/C22H17ClN4O3/c1-11-2-4-13(7-14(11)21(28)29)30-22-26-19-8-15(16(23)9-20(19)27-22)12-3-5-17-18(6-12)25-10-24-17/h2-10,22,26-27H,1H3,(H,24,25)(H,28,29). The van der Waals surface area contributed by atoms with Crippen LogP contribution in [-0.4, -0.2) is 27.4 Å². The molecule has 1 aliphatic heterocycles. The van der Waals surface area contributed by atoms with E-state index >= 15 is 0 Å². The normalized spacial score (nSPS) is 14.8. The van der Waals surface area contributed by atoms with Crippen molar-refractivity contribution < 1.29 is 14.6 Å². The predicted octanol–water partition coefficient (Wildman–Crippen LogP) is 5.09. The van der Waals surface area contributed by atoms with Gasteiger partial charge in [-0.25, -0.2) is 9.78 Å². The Balaban J connectivity index is 1.41. The lowest BCUT2D eigenvalue weighted by Gasteiger charge is -2.15. The van der Waals surface area contributed by atoms with Crippen molar-refractivity contribution >= 4 is 40.0 Å². The average molecular weight is 421 g/mol. The summed E-state index contributed by atoms with van der Waals surface area (Å²) in [6.07, 6.45) is 1.11. The Kier molecular flexibility index (Phi) is 4.25. The minimum atomic E-state index is -0.987. The van der Waals surface area contributed by atoms with Gasteiger partial charge in [0.1, 0.15) is 5.75 Å². The molecule has 7 nitrogen and oxygen atoms in total. The molecule has 0 fully saturated rings. The Labute approximate surface area is 176 Å². The third kappa shape index (κ3) is 3.19. The Hall–Kier alpha value is -3.71. The van der Waals surface area contributed by atoms with Crippen LogP contribution in [0.15, 0.2) is 54.9 Å². The van der Waals surface area contributed by atoms with Crippen molar-refractivity contribution in [3.63, 3.8) is 0 Å². The molecule has 150 valence electrons. The smallest absolute Gasteiger partial charge is 0.336 e. The molecule has 3 aromatic carbocycles. The number of aromatic carboxylic acids is 1. The van der Waals surface area contributed by atoms with Crippen LogP contribution in [0.25, 0.3) is 22.2 Å². The van der Waals surface area contributed by atoms with Crippen molar-refractivity contribution in [1.29, 1.82) is 0 Å². The number of carbonyl (C=O) groups is 1. The topological polar surface area (TPSA) is 99.3 Å². The van der Waals surface area contributed by atoms with Crippen LogP contribution in [0.3, 0.4) is 0 Å². The summed E-state index contributed by atoms with van der Waals surface area (Å²) in [5.41, 5.74) is 6.21. The number of hydrogen-bond acceptors (Lipinski definition) is 5. The van der Waals surface area contributed by atoms with Crippen LogP contribution in [-0.2, 0) is 0 Å². The molecule has 0 amide bonds. The van der Waals surface area contributed by atoms with Crippen molar-refractivity contribution in [3.8, 4) is 16.9 Å². The summed E-state index contributed by atoms with van der Waals surface area (Å²) in [4.78, 5) is 18.7. The molecule has 1 aliphatic rings. The molecule has 0 aliphatic carbocycles. The van der Waals surface area contributed by atoms with E-state index in [4.69, 9.17) is 16.3 Å². The van der Waals surface area contributed by atoms with Crippen molar-refractivity contribution in [2.75, 3.05) is 10.6 Å². The fourth-order valence-corrected chi connectivity index (χ4v) is 3.83. The molecule has 0 spiro atoms. The summed E-state index contributed by atoms with van der Waals surface area (Å²) in [6.45, 7) is 1.75. The van der Waals surface area contributed by atoms with Gasteiger partial charge in [-0.05, 0) is 54.4 Å². The van der Waals surface area contributed by atoms with Gasteiger partial charge in [0.05, 0.1) is 39.3 Å². The lowest BCUT2D eigenvalue weighted by molar-refractivity contribution is 0.0695. The first-order chi connectivity index (χ1) is 14.5. The first-order valence-electron chi connectivity index (χ1n) is 9.29. The molecule has 0 saturated carbocycles. The number of H-pyrrole nitrogens is 1. The number of carboxylic acids is 1. The van der Waals surface area contributed by atoms with Gasteiger partial charge in [0.2, 0.25) is 6.35 Å². The van der Waals surface area contributed by atoms with Gasteiger partial charge in [-0.2, -0.15) is 0 Å². The highest BCUT2D eigenvalue weighted by Gasteiger charge is 2.23. The molecule has 2 heterocycles. The number of aromatic nitrogens is 2. The maximum atomic E-state index is 11.4. The number of nitrogens with one attached hydrogen (secondary N) is 3. The van der Waals surface area contributed by atoms with E-state index in [0.29, 0.717) is 16.3 Å². The van der Waals surface area contributed by atoms with Crippen LogP contribution in [0.2, 0.25) is 5.02 Å². The third-order valence-electron chi connectivity index (χ3n) is 5.11. The summed E-state index contributed by atoms with van der Waals surface area (Å²) in [5.74, 6) is -0.536. The predicted molar refractivity (Wildman–Crippen MR) is 116 cm³/mol. The van der Waals surface area contributed by atoms with E-state index in [1.165, 1.54) is 6.07 Å². The van der Waals surface area contributed by atoms with Crippen LogP contribution in [0, 0.1) is 6.92 Å². The van der Waals surface area contributed by atoms with Crippen LogP contribution < -0.4 is 15.4 Å². The third-order valence-corrected chi connectivity index (χ3v) is 5.42. The molecule has 30 heavy (non-hydrogen) atoms. The molecule has 0 bridgehead atoms. The lowest BCUT2D eigenvalue weighted by Crippen LogP contribution is -2.29. The van der Waals surface area contributed by atoms with Gasteiger partial charge in [0.25, 0.3) is 0 Å². The number of benzene rings is 3. The van der Waals surface area contributed by atoms with Gasteiger partial charge in [-0.15, -0.1) is 0 Å². The average Bonchev–Trinajstić information content (AvgIpc) is 3.33. The highest BCUT2D eigenvalue weighted by Crippen LogP contribution is 2.39. The minimum Gasteiger partial charge on any atom is -0.478 e. The highest BCUT2D eigenvalue weighted by molar-refractivity contribution is 6.34. The zero-order chi connectivity index (χ0) is 20.8. The minimum absolute atomic E-state index is 0.211. The molecule has 8 heteroatoms. The maximum absolute atomic E-state index is 11.4. The van der Waals surface area contributed by atoms with Gasteiger partial charge in [-0.3, -0.25) is 0 Å². The van der Waals surface area contributed by atoms with Gasteiger partial charge < -0.3 is 25.5 Å². The number of hydrogen-bond donors (Lipinski definition) is 4. The van der Waals surface area contributed by atoms with E-state index in [0.717, 1.165) is 33.5 Å². The van der Waals surface area contributed by atoms with E-state index in [1.54, 1.807) is 25.4 Å². The molecule has 4 N–H and O–H groups in total. The summed E-state index contributed by atoms with van der Waals surface area (Å²) in [5, 5.41) is 16.4. The lowest BCUT2D eigenvalue weighted by atomic mass is 10.0. The second kappa shape index (κ2) is 6.96. The van der Waals surface area contributed by atoms with Gasteiger partial charge in [0.15, 0.2) is 0 Å². The maximum Gasteiger partial charge on any atom is 0.336 e.